The van der Waals surface area contributed by atoms with Crippen molar-refractivity contribution in [3.63, 3.8) is 0 Å². The maximum Gasteiger partial charge on any atom is 0.364 e. The highest BCUT2D eigenvalue weighted by molar-refractivity contribution is 6.42. The normalized spacial score (nSPS) is 11.2. The summed E-state index contributed by atoms with van der Waals surface area (Å²) in [5.74, 6) is -0.608. The van der Waals surface area contributed by atoms with Crippen molar-refractivity contribution in [2.75, 3.05) is 14.2 Å². The minimum absolute atomic E-state index is 0.0868. The van der Waals surface area contributed by atoms with Crippen LogP contribution in [0.15, 0.2) is 15.7 Å². The molecule has 76 valence electrons. The molecule has 0 unspecified atom stereocenters. The highest BCUT2D eigenvalue weighted by Gasteiger charge is 2.20. The number of hydrogen-bond donors (Lipinski definition) is 0. The van der Waals surface area contributed by atoms with E-state index >= 15 is 0 Å². The summed E-state index contributed by atoms with van der Waals surface area (Å²) < 4.78 is 9.16. The number of aromatic nitrogens is 1. The zero-order valence-corrected chi connectivity index (χ0v) is 8.24. The second-order valence-electron chi connectivity index (χ2n) is 2.13. The molecule has 6 nitrogen and oxygen atoms in total. The Bertz CT molecular complexity index is 360. The summed E-state index contributed by atoms with van der Waals surface area (Å²) in [4.78, 5) is 15.6. The third kappa shape index (κ3) is 2.23. The lowest BCUT2D eigenvalue weighted by molar-refractivity contribution is -0.132. The molecule has 0 fully saturated rings. The van der Waals surface area contributed by atoms with E-state index in [1.165, 1.54) is 20.3 Å². The maximum atomic E-state index is 11.1. The smallest absolute Gasteiger partial charge is 0.364 e. The summed E-state index contributed by atoms with van der Waals surface area (Å²) in [7, 11) is 2.51. The summed E-state index contributed by atoms with van der Waals surface area (Å²) in [5.41, 5.74) is -0.130. The molecule has 1 rings (SSSR count). The van der Waals surface area contributed by atoms with E-state index in [0.717, 1.165) is 0 Å². The predicted molar refractivity (Wildman–Crippen MR) is 47.1 cm³/mol. The molecule has 1 aromatic heterocycles. The van der Waals surface area contributed by atoms with Gasteiger partial charge >= 0.3 is 5.97 Å². The van der Waals surface area contributed by atoms with E-state index in [4.69, 9.17) is 16.1 Å². The molecule has 0 bridgehead atoms. The molecule has 0 N–H and O–H groups in total. The Morgan fingerprint density at radius 1 is 1.64 bits per heavy atom. The Hall–Kier alpha value is -1.56. The average Bonchev–Trinajstić information content (AvgIpc) is 2.60. The minimum Gasteiger partial charge on any atom is -0.464 e. The van der Waals surface area contributed by atoms with Gasteiger partial charge in [-0.3, -0.25) is 0 Å². The predicted octanol–water partition coefficient (Wildman–Crippen LogP) is 0.852. The summed E-state index contributed by atoms with van der Waals surface area (Å²) in [5, 5.41) is 6.93. The first-order valence-electron chi connectivity index (χ1n) is 3.51. The Morgan fingerprint density at radius 3 is 2.79 bits per heavy atom. The summed E-state index contributed by atoms with van der Waals surface area (Å²) in [6.45, 7) is 0. The van der Waals surface area contributed by atoms with Crippen LogP contribution in [-0.2, 0) is 14.4 Å². The van der Waals surface area contributed by atoms with Crippen LogP contribution in [0.2, 0.25) is 5.15 Å². The number of nitrogens with zero attached hydrogens (tertiary/aromatic N) is 2. The van der Waals surface area contributed by atoms with Gasteiger partial charge in [0.1, 0.15) is 7.11 Å². The standard InChI is InChI=1S/C7H7ClN2O4/c1-12-7(11)6(10-13-2)4-3-5(8)9-14-4/h3H,1-2H3/b10-6+. The molecule has 0 saturated heterocycles. The van der Waals surface area contributed by atoms with Crippen LogP contribution in [-0.4, -0.2) is 31.1 Å². The van der Waals surface area contributed by atoms with Crippen LogP contribution in [0.4, 0.5) is 0 Å². The zero-order valence-electron chi connectivity index (χ0n) is 7.48. The highest BCUT2D eigenvalue weighted by Crippen LogP contribution is 2.10. The molecule has 0 atom stereocenters. The molecule has 0 amide bonds. The SMILES string of the molecule is CO/N=C(/C(=O)OC)c1cc(Cl)no1. The van der Waals surface area contributed by atoms with Gasteiger partial charge in [-0.15, -0.1) is 0 Å². The molecular weight excluding hydrogens is 212 g/mol. The van der Waals surface area contributed by atoms with Crippen molar-refractivity contribution in [3.05, 3.63) is 17.0 Å². The minimum atomic E-state index is -0.695. The van der Waals surface area contributed by atoms with E-state index in [2.05, 4.69) is 19.9 Å². The van der Waals surface area contributed by atoms with Gasteiger partial charge in [0.25, 0.3) is 0 Å². The van der Waals surface area contributed by atoms with Crippen molar-refractivity contribution in [1.29, 1.82) is 0 Å². The van der Waals surface area contributed by atoms with E-state index < -0.39 is 5.97 Å². The monoisotopic (exact) mass is 218 g/mol. The molecule has 0 aliphatic carbocycles. The van der Waals surface area contributed by atoms with E-state index in [9.17, 15) is 4.79 Å². The maximum absolute atomic E-state index is 11.1. The highest BCUT2D eigenvalue weighted by atomic mass is 35.5. The lowest BCUT2D eigenvalue weighted by Gasteiger charge is -1.97. The number of oxime groups is 1. The molecule has 0 spiro atoms. The van der Waals surface area contributed by atoms with E-state index in [0.29, 0.717) is 0 Å². The van der Waals surface area contributed by atoms with Crippen LogP contribution in [0.1, 0.15) is 5.76 Å². The molecule has 0 aliphatic rings. The number of carbonyl (C=O) groups is 1. The molecule has 7 heteroatoms. The van der Waals surface area contributed by atoms with Gasteiger partial charge < -0.3 is 14.1 Å². The van der Waals surface area contributed by atoms with Crippen LogP contribution in [0.3, 0.4) is 0 Å². The van der Waals surface area contributed by atoms with Gasteiger partial charge in [0.2, 0.25) is 5.71 Å². The van der Waals surface area contributed by atoms with Crippen LogP contribution in [0.25, 0.3) is 0 Å². The second kappa shape index (κ2) is 4.61. The Balaban J connectivity index is 3.00. The van der Waals surface area contributed by atoms with Crippen molar-refractivity contribution in [2.45, 2.75) is 0 Å². The van der Waals surface area contributed by atoms with Gasteiger partial charge in [0, 0.05) is 6.07 Å². The number of ether oxygens (including phenoxy) is 1. The molecule has 0 radical (unpaired) electrons. The quantitative estimate of drug-likeness (QED) is 0.427. The number of hydrogen-bond acceptors (Lipinski definition) is 6. The molecule has 0 aliphatic heterocycles. The first-order valence-corrected chi connectivity index (χ1v) is 3.89. The van der Waals surface area contributed by atoms with E-state index in [-0.39, 0.29) is 16.6 Å². The number of methoxy groups -OCH3 is 1. The van der Waals surface area contributed by atoms with Crippen molar-refractivity contribution >= 4 is 23.3 Å². The largest absolute Gasteiger partial charge is 0.464 e. The Morgan fingerprint density at radius 2 is 2.36 bits per heavy atom. The molecule has 14 heavy (non-hydrogen) atoms. The Kier molecular flexibility index (Phi) is 3.47. The van der Waals surface area contributed by atoms with Crippen LogP contribution in [0.5, 0.6) is 0 Å². The molecule has 0 aromatic carbocycles. The number of esters is 1. The topological polar surface area (TPSA) is 73.9 Å². The van der Waals surface area contributed by atoms with Gasteiger partial charge in [-0.05, 0) is 0 Å². The molecule has 0 saturated carbocycles. The van der Waals surface area contributed by atoms with Gasteiger partial charge in [-0.25, -0.2) is 4.79 Å². The van der Waals surface area contributed by atoms with Gasteiger partial charge in [-0.1, -0.05) is 21.9 Å². The Labute approximate surface area is 84.4 Å². The van der Waals surface area contributed by atoms with Crippen LogP contribution >= 0.6 is 11.6 Å². The summed E-state index contributed by atoms with van der Waals surface area (Å²) in [6, 6.07) is 1.33. The fraction of sp³-hybridized carbons (Fsp3) is 0.286. The van der Waals surface area contributed by atoms with Crippen molar-refractivity contribution in [3.8, 4) is 0 Å². The first-order chi connectivity index (χ1) is 6.69. The third-order valence-corrected chi connectivity index (χ3v) is 1.45. The van der Waals surface area contributed by atoms with Crippen LogP contribution in [0, 0.1) is 0 Å². The van der Waals surface area contributed by atoms with Crippen molar-refractivity contribution in [1.82, 2.24) is 5.16 Å². The third-order valence-electron chi connectivity index (χ3n) is 1.28. The number of halogens is 1. The summed E-state index contributed by atoms with van der Waals surface area (Å²) in [6.07, 6.45) is 0. The summed E-state index contributed by atoms with van der Waals surface area (Å²) >= 11 is 5.50. The van der Waals surface area contributed by atoms with E-state index in [1.54, 1.807) is 0 Å². The van der Waals surface area contributed by atoms with E-state index in [1.807, 2.05) is 0 Å². The van der Waals surface area contributed by atoms with Crippen LogP contribution < -0.4 is 0 Å². The second-order valence-corrected chi connectivity index (χ2v) is 2.52. The van der Waals surface area contributed by atoms with Gasteiger partial charge in [0.05, 0.1) is 7.11 Å². The zero-order chi connectivity index (χ0) is 10.6. The van der Waals surface area contributed by atoms with Gasteiger partial charge in [-0.2, -0.15) is 0 Å². The number of rotatable bonds is 3. The fourth-order valence-corrected chi connectivity index (χ4v) is 0.870. The molecule has 1 heterocycles. The lowest BCUT2D eigenvalue weighted by Crippen LogP contribution is -2.16. The fourth-order valence-electron chi connectivity index (χ4n) is 0.736. The first kappa shape index (κ1) is 10.5. The molecular formula is C7H7ClN2O4. The average molecular weight is 219 g/mol. The molecule has 1 aromatic rings. The number of carbonyl (C=O) groups excluding carboxylic acids is 1. The van der Waals surface area contributed by atoms with Crippen molar-refractivity contribution < 1.29 is 18.9 Å². The van der Waals surface area contributed by atoms with Gasteiger partial charge in [0.15, 0.2) is 10.9 Å². The lowest BCUT2D eigenvalue weighted by atomic mass is 10.3. The van der Waals surface area contributed by atoms with Crippen molar-refractivity contribution in [2.24, 2.45) is 5.16 Å².